The van der Waals surface area contributed by atoms with Crippen molar-refractivity contribution in [1.82, 2.24) is 25.0 Å². The third kappa shape index (κ3) is 1.77. The van der Waals surface area contributed by atoms with Gasteiger partial charge in [-0.3, -0.25) is 14.8 Å². The van der Waals surface area contributed by atoms with Crippen LogP contribution in [0.15, 0.2) is 36.9 Å². The van der Waals surface area contributed by atoms with E-state index in [1.54, 1.807) is 23.1 Å². The van der Waals surface area contributed by atoms with Crippen molar-refractivity contribution in [3.05, 3.63) is 42.7 Å². The summed E-state index contributed by atoms with van der Waals surface area (Å²) in [4.78, 5) is 4.05. The fraction of sp³-hybridized carbons (Fsp3) is 0.0833. The summed E-state index contributed by atoms with van der Waals surface area (Å²) in [5.74, 6) is -0.362. The molecule has 0 aliphatic rings. The van der Waals surface area contributed by atoms with Crippen LogP contribution in [0.1, 0.15) is 0 Å². The Morgan fingerprint density at radius 3 is 2.83 bits per heavy atom. The molecule has 6 heteroatoms. The molecule has 5 nitrogen and oxygen atoms in total. The van der Waals surface area contributed by atoms with E-state index < -0.39 is 0 Å². The quantitative estimate of drug-likeness (QED) is 0.749. The molecule has 3 aromatic heterocycles. The number of halogens is 1. The van der Waals surface area contributed by atoms with Crippen molar-refractivity contribution in [3.63, 3.8) is 0 Å². The van der Waals surface area contributed by atoms with E-state index in [-0.39, 0.29) is 5.82 Å². The molecule has 90 valence electrons. The van der Waals surface area contributed by atoms with Crippen LogP contribution in [-0.2, 0) is 7.05 Å². The van der Waals surface area contributed by atoms with Crippen LogP contribution in [0.25, 0.3) is 22.5 Å². The second kappa shape index (κ2) is 4.06. The van der Waals surface area contributed by atoms with Gasteiger partial charge in [0.1, 0.15) is 11.5 Å². The number of aryl methyl sites for hydroxylation is 1. The fourth-order valence-electron chi connectivity index (χ4n) is 1.80. The highest BCUT2D eigenvalue weighted by Crippen LogP contribution is 2.28. The predicted octanol–water partition coefficient (Wildman–Crippen LogP) is 2.01. The van der Waals surface area contributed by atoms with Crippen LogP contribution in [0.2, 0.25) is 0 Å². The van der Waals surface area contributed by atoms with Crippen LogP contribution in [0.5, 0.6) is 0 Å². The van der Waals surface area contributed by atoms with E-state index in [0.29, 0.717) is 11.4 Å². The summed E-state index contributed by atoms with van der Waals surface area (Å²) < 4.78 is 14.6. The molecule has 18 heavy (non-hydrogen) atoms. The van der Waals surface area contributed by atoms with Crippen molar-refractivity contribution in [2.45, 2.75) is 0 Å². The lowest BCUT2D eigenvalue weighted by atomic mass is 10.1. The first kappa shape index (κ1) is 10.6. The van der Waals surface area contributed by atoms with E-state index in [4.69, 9.17) is 0 Å². The first-order chi connectivity index (χ1) is 8.74. The van der Waals surface area contributed by atoms with Crippen LogP contribution in [-0.4, -0.2) is 25.0 Å². The molecule has 0 aromatic carbocycles. The maximum Gasteiger partial charge on any atom is 0.141 e. The smallest absolute Gasteiger partial charge is 0.141 e. The molecule has 3 heterocycles. The predicted molar refractivity (Wildman–Crippen MR) is 64.0 cm³/mol. The van der Waals surface area contributed by atoms with E-state index in [0.717, 1.165) is 11.1 Å². The summed E-state index contributed by atoms with van der Waals surface area (Å²) in [5, 5.41) is 11.0. The molecule has 0 unspecified atom stereocenters. The van der Waals surface area contributed by atoms with Gasteiger partial charge in [-0.2, -0.15) is 10.2 Å². The topological polar surface area (TPSA) is 59.4 Å². The fourth-order valence-corrected chi connectivity index (χ4v) is 1.80. The van der Waals surface area contributed by atoms with Gasteiger partial charge >= 0.3 is 0 Å². The SMILES string of the molecule is Cn1cc(-c2cn[nH]c2)c(-c2ccc(F)cn2)n1. The Morgan fingerprint density at radius 1 is 1.28 bits per heavy atom. The summed E-state index contributed by atoms with van der Waals surface area (Å²) in [6, 6.07) is 2.98. The zero-order valence-electron chi connectivity index (χ0n) is 9.63. The van der Waals surface area contributed by atoms with Gasteiger partial charge < -0.3 is 0 Å². The summed E-state index contributed by atoms with van der Waals surface area (Å²) in [6.07, 6.45) is 6.56. The van der Waals surface area contributed by atoms with E-state index >= 15 is 0 Å². The number of pyridine rings is 1. The third-order valence-corrected chi connectivity index (χ3v) is 2.61. The van der Waals surface area contributed by atoms with Crippen LogP contribution < -0.4 is 0 Å². The second-order valence-electron chi connectivity index (χ2n) is 3.91. The van der Waals surface area contributed by atoms with Crippen molar-refractivity contribution >= 4 is 0 Å². The van der Waals surface area contributed by atoms with Gasteiger partial charge in [0.15, 0.2) is 0 Å². The molecule has 3 aromatic rings. The van der Waals surface area contributed by atoms with E-state index in [1.807, 2.05) is 13.2 Å². The Morgan fingerprint density at radius 2 is 2.17 bits per heavy atom. The molecule has 0 spiro atoms. The molecule has 0 fully saturated rings. The Labute approximate surface area is 102 Å². The van der Waals surface area contributed by atoms with Gasteiger partial charge in [0.05, 0.1) is 18.1 Å². The van der Waals surface area contributed by atoms with E-state index in [1.165, 1.54) is 12.3 Å². The maximum absolute atomic E-state index is 12.9. The zero-order chi connectivity index (χ0) is 12.5. The van der Waals surface area contributed by atoms with Crippen LogP contribution >= 0.6 is 0 Å². The van der Waals surface area contributed by atoms with E-state index in [2.05, 4.69) is 20.3 Å². The summed E-state index contributed by atoms with van der Waals surface area (Å²) in [6.45, 7) is 0. The minimum atomic E-state index is -0.362. The highest BCUT2D eigenvalue weighted by atomic mass is 19.1. The van der Waals surface area contributed by atoms with Gasteiger partial charge in [0.2, 0.25) is 0 Å². The molecule has 0 atom stereocenters. The average molecular weight is 243 g/mol. The average Bonchev–Trinajstić information content (AvgIpc) is 2.98. The van der Waals surface area contributed by atoms with Gasteiger partial charge in [-0.05, 0) is 12.1 Å². The third-order valence-electron chi connectivity index (χ3n) is 2.61. The maximum atomic E-state index is 12.9. The van der Waals surface area contributed by atoms with Gasteiger partial charge in [-0.25, -0.2) is 4.39 Å². The van der Waals surface area contributed by atoms with Crippen LogP contribution in [0.4, 0.5) is 4.39 Å². The number of hydrogen-bond acceptors (Lipinski definition) is 3. The van der Waals surface area contributed by atoms with Gasteiger partial charge in [-0.15, -0.1) is 0 Å². The van der Waals surface area contributed by atoms with Crippen molar-refractivity contribution in [1.29, 1.82) is 0 Å². The molecular formula is C12H10FN5. The molecule has 3 rings (SSSR count). The van der Waals surface area contributed by atoms with Crippen molar-refractivity contribution in [3.8, 4) is 22.5 Å². The number of H-pyrrole nitrogens is 1. The summed E-state index contributed by atoms with van der Waals surface area (Å²) in [7, 11) is 1.83. The molecule has 0 aliphatic heterocycles. The highest BCUT2D eigenvalue weighted by molar-refractivity contribution is 5.77. The lowest BCUT2D eigenvalue weighted by Crippen LogP contribution is -1.90. The van der Waals surface area contributed by atoms with Gasteiger partial charge in [0, 0.05) is 30.6 Å². The molecule has 0 bridgehead atoms. The molecule has 0 saturated heterocycles. The molecule has 1 N–H and O–H groups in total. The minimum absolute atomic E-state index is 0.362. The van der Waals surface area contributed by atoms with Crippen LogP contribution in [0.3, 0.4) is 0 Å². The molecular weight excluding hydrogens is 233 g/mol. The Balaban J connectivity index is 2.15. The second-order valence-corrected chi connectivity index (χ2v) is 3.91. The number of hydrogen-bond donors (Lipinski definition) is 1. The number of aromatic amines is 1. The zero-order valence-corrected chi connectivity index (χ0v) is 9.63. The Kier molecular flexibility index (Phi) is 2.40. The minimum Gasteiger partial charge on any atom is -0.285 e. The lowest BCUT2D eigenvalue weighted by molar-refractivity contribution is 0.621. The number of aromatic nitrogens is 5. The number of rotatable bonds is 2. The summed E-state index contributed by atoms with van der Waals surface area (Å²) >= 11 is 0. The molecule has 0 radical (unpaired) electrons. The lowest BCUT2D eigenvalue weighted by Gasteiger charge is -1.99. The molecule has 0 amide bonds. The van der Waals surface area contributed by atoms with Crippen molar-refractivity contribution < 1.29 is 4.39 Å². The Hall–Kier alpha value is -2.50. The van der Waals surface area contributed by atoms with E-state index in [9.17, 15) is 4.39 Å². The molecule has 0 aliphatic carbocycles. The summed E-state index contributed by atoms with van der Waals surface area (Å²) in [5.41, 5.74) is 3.17. The normalized spacial score (nSPS) is 10.8. The van der Waals surface area contributed by atoms with Crippen molar-refractivity contribution in [2.24, 2.45) is 7.05 Å². The highest BCUT2D eigenvalue weighted by Gasteiger charge is 2.13. The monoisotopic (exact) mass is 243 g/mol. The largest absolute Gasteiger partial charge is 0.285 e. The van der Waals surface area contributed by atoms with Crippen molar-refractivity contribution in [2.75, 3.05) is 0 Å². The first-order valence-electron chi connectivity index (χ1n) is 5.39. The number of nitrogens with one attached hydrogen (secondary N) is 1. The first-order valence-corrected chi connectivity index (χ1v) is 5.39. The van der Waals surface area contributed by atoms with Gasteiger partial charge in [0.25, 0.3) is 0 Å². The van der Waals surface area contributed by atoms with Gasteiger partial charge in [-0.1, -0.05) is 0 Å². The standard InChI is InChI=1S/C12H10FN5/c1-18-7-10(8-4-15-16-5-8)12(17-18)11-3-2-9(13)6-14-11/h2-7H,1H3,(H,15,16). The van der Waals surface area contributed by atoms with Crippen LogP contribution in [0, 0.1) is 5.82 Å². The number of nitrogens with zero attached hydrogens (tertiary/aromatic N) is 4. The Bertz CT molecular complexity index is 654. The molecule has 0 saturated carbocycles.